The van der Waals surface area contributed by atoms with E-state index in [0.29, 0.717) is 12.5 Å². The Labute approximate surface area is 116 Å². The second-order valence-electron chi connectivity index (χ2n) is 5.78. The molecule has 0 aromatic carbocycles. The van der Waals surface area contributed by atoms with Crippen molar-refractivity contribution in [2.75, 3.05) is 6.54 Å². The molecule has 2 atom stereocenters. The van der Waals surface area contributed by atoms with E-state index in [1.165, 1.54) is 6.42 Å². The Kier molecular flexibility index (Phi) is 9.00. The molecule has 5 nitrogen and oxygen atoms in total. The number of carbonyl (C=O) groups excluding carboxylic acids is 1. The molecular formula is C14H28N2O3. The lowest BCUT2D eigenvalue weighted by Crippen LogP contribution is -2.42. The van der Waals surface area contributed by atoms with Gasteiger partial charge in [0, 0.05) is 19.0 Å². The summed E-state index contributed by atoms with van der Waals surface area (Å²) in [5, 5.41) is 14.2. The zero-order chi connectivity index (χ0) is 14.8. The normalized spacial score (nSPS) is 13.9. The predicted octanol–water partition coefficient (Wildman–Crippen LogP) is 2.61. The minimum Gasteiger partial charge on any atom is -0.481 e. The van der Waals surface area contributed by atoms with Gasteiger partial charge in [-0.2, -0.15) is 0 Å². The van der Waals surface area contributed by atoms with E-state index in [9.17, 15) is 9.59 Å². The third-order valence-electron chi connectivity index (χ3n) is 2.93. The minimum atomic E-state index is -0.836. The van der Waals surface area contributed by atoms with E-state index in [4.69, 9.17) is 5.11 Å². The van der Waals surface area contributed by atoms with Crippen molar-refractivity contribution in [2.24, 2.45) is 11.8 Å². The summed E-state index contributed by atoms with van der Waals surface area (Å²) in [7, 11) is 0. The highest BCUT2D eigenvalue weighted by Crippen LogP contribution is 2.08. The molecule has 0 rings (SSSR count). The van der Waals surface area contributed by atoms with Gasteiger partial charge < -0.3 is 15.7 Å². The molecule has 0 aliphatic carbocycles. The lowest BCUT2D eigenvalue weighted by Gasteiger charge is -2.16. The van der Waals surface area contributed by atoms with E-state index in [-0.39, 0.29) is 24.4 Å². The second kappa shape index (κ2) is 9.64. The van der Waals surface area contributed by atoms with Gasteiger partial charge in [0.05, 0.1) is 0 Å². The van der Waals surface area contributed by atoms with Gasteiger partial charge in [0.2, 0.25) is 0 Å². The fourth-order valence-electron chi connectivity index (χ4n) is 1.82. The van der Waals surface area contributed by atoms with Gasteiger partial charge in [0.1, 0.15) is 0 Å². The number of urea groups is 1. The van der Waals surface area contributed by atoms with Crippen molar-refractivity contribution in [2.45, 2.75) is 59.4 Å². The largest absolute Gasteiger partial charge is 0.481 e. The van der Waals surface area contributed by atoms with Crippen LogP contribution in [0.1, 0.15) is 53.4 Å². The van der Waals surface area contributed by atoms with Crippen molar-refractivity contribution in [1.29, 1.82) is 0 Å². The molecule has 3 N–H and O–H groups in total. The predicted molar refractivity (Wildman–Crippen MR) is 76.1 cm³/mol. The summed E-state index contributed by atoms with van der Waals surface area (Å²) in [6.07, 6.45) is 3.32. The molecule has 0 aromatic heterocycles. The lowest BCUT2D eigenvalue weighted by molar-refractivity contribution is -0.137. The Balaban J connectivity index is 3.70. The lowest BCUT2D eigenvalue weighted by atomic mass is 10.0. The number of rotatable bonds is 9. The number of amides is 2. The van der Waals surface area contributed by atoms with Gasteiger partial charge in [0.15, 0.2) is 0 Å². The second-order valence-corrected chi connectivity index (χ2v) is 5.78. The fourth-order valence-corrected chi connectivity index (χ4v) is 1.82. The van der Waals surface area contributed by atoms with Crippen LogP contribution >= 0.6 is 0 Å². The highest BCUT2D eigenvalue weighted by molar-refractivity contribution is 5.74. The zero-order valence-corrected chi connectivity index (χ0v) is 12.5. The van der Waals surface area contributed by atoms with E-state index in [1.54, 1.807) is 6.92 Å². The van der Waals surface area contributed by atoms with Gasteiger partial charge in [0.25, 0.3) is 0 Å². The van der Waals surface area contributed by atoms with Crippen molar-refractivity contribution >= 4 is 12.0 Å². The summed E-state index contributed by atoms with van der Waals surface area (Å²) in [5.74, 6) is -0.200. The maximum absolute atomic E-state index is 11.6. The van der Waals surface area contributed by atoms with Crippen LogP contribution in [0.15, 0.2) is 0 Å². The average Bonchev–Trinajstić information content (AvgIpc) is 2.24. The first kappa shape index (κ1) is 17.7. The number of aliphatic carboxylic acids is 1. The number of carboxylic acid groups (broad SMARTS) is 1. The molecule has 0 aliphatic rings. The summed E-state index contributed by atoms with van der Waals surface area (Å²) in [5.41, 5.74) is 0. The first-order valence-corrected chi connectivity index (χ1v) is 7.07. The molecule has 19 heavy (non-hydrogen) atoms. The summed E-state index contributed by atoms with van der Waals surface area (Å²) in [6, 6.07) is -0.0668. The Morgan fingerprint density at radius 2 is 1.74 bits per heavy atom. The van der Waals surface area contributed by atoms with Crippen molar-refractivity contribution in [1.82, 2.24) is 10.6 Å². The Morgan fingerprint density at radius 3 is 2.26 bits per heavy atom. The maximum Gasteiger partial charge on any atom is 0.315 e. The molecule has 0 saturated heterocycles. The third kappa shape index (κ3) is 11.6. The monoisotopic (exact) mass is 272 g/mol. The molecular weight excluding hydrogens is 244 g/mol. The number of hydrogen-bond donors (Lipinski definition) is 3. The molecule has 112 valence electrons. The number of carbonyl (C=O) groups is 2. The SMILES string of the molecule is CC(C)CCCC(C)NC(=O)NCC(C)CC(=O)O. The smallest absolute Gasteiger partial charge is 0.315 e. The summed E-state index contributed by atoms with van der Waals surface area (Å²) < 4.78 is 0. The van der Waals surface area contributed by atoms with E-state index >= 15 is 0 Å². The van der Waals surface area contributed by atoms with Crippen molar-refractivity contribution < 1.29 is 14.7 Å². The highest BCUT2D eigenvalue weighted by Gasteiger charge is 2.11. The number of nitrogens with one attached hydrogen (secondary N) is 2. The minimum absolute atomic E-state index is 0.0560. The van der Waals surface area contributed by atoms with Crippen LogP contribution in [0.3, 0.4) is 0 Å². The first-order chi connectivity index (χ1) is 8.81. The summed E-state index contributed by atoms with van der Waals surface area (Å²) in [6.45, 7) is 8.56. The van der Waals surface area contributed by atoms with Gasteiger partial charge in [-0.25, -0.2) is 4.79 Å². The van der Waals surface area contributed by atoms with Gasteiger partial charge in [-0.15, -0.1) is 0 Å². The molecule has 0 spiro atoms. The Morgan fingerprint density at radius 1 is 1.11 bits per heavy atom. The molecule has 2 amide bonds. The highest BCUT2D eigenvalue weighted by atomic mass is 16.4. The van der Waals surface area contributed by atoms with Gasteiger partial charge in [-0.1, -0.05) is 33.6 Å². The topological polar surface area (TPSA) is 78.4 Å². The van der Waals surface area contributed by atoms with Crippen molar-refractivity contribution in [3.8, 4) is 0 Å². The summed E-state index contributed by atoms with van der Waals surface area (Å²) >= 11 is 0. The van der Waals surface area contributed by atoms with E-state index < -0.39 is 5.97 Å². The fraction of sp³-hybridized carbons (Fsp3) is 0.857. The molecule has 5 heteroatoms. The van der Waals surface area contributed by atoms with Crippen LogP contribution in [-0.4, -0.2) is 29.7 Å². The van der Waals surface area contributed by atoms with E-state index in [0.717, 1.165) is 12.8 Å². The van der Waals surface area contributed by atoms with E-state index in [1.807, 2.05) is 6.92 Å². The molecule has 0 saturated carbocycles. The molecule has 0 heterocycles. The molecule has 0 aromatic rings. The van der Waals surface area contributed by atoms with Crippen LogP contribution in [-0.2, 0) is 4.79 Å². The third-order valence-corrected chi connectivity index (χ3v) is 2.93. The van der Waals surface area contributed by atoms with Gasteiger partial charge in [-0.05, 0) is 25.2 Å². The van der Waals surface area contributed by atoms with Gasteiger partial charge >= 0.3 is 12.0 Å². The van der Waals surface area contributed by atoms with Crippen LogP contribution < -0.4 is 10.6 Å². The van der Waals surface area contributed by atoms with Gasteiger partial charge in [-0.3, -0.25) is 4.79 Å². The number of hydrogen-bond acceptors (Lipinski definition) is 2. The van der Waals surface area contributed by atoms with Crippen LogP contribution in [0.25, 0.3) is 0 Å². The maximum atomic E-state index is 11.6. The Hall–Kier alpha value is -1.26. The van der Waals surface area contributed by atoms with Crippen LogP contribution in [0.2, 0.25) is 0 Å². The average molecular weight is 272 g/mol. The van der Waals surface area contributed by atoms with Crippen LogP contribution in [0.5, 0.6) is 0 Å². The van der Waals surface area contributed by atoms with Crippen molar-refractivity contribution in [3.63, 3.8) is 0 Å². The summed E-state index contributed by atoms with van der Waals surface area (Å²) in [4.78, 5) is 22.0. The molecule has 0 bridgehead atoms. The molecule has 2 unspecified atom stereocenters. The zero-order valence-electron chi connectivity index (χ0n) is 12.5. The number of carboxylic acids is 1. The molecule has 0 fully saturated rings. The first-order valence-electron chi connectivity index (χ1n) is 7.07. The van der Waals surface area contributed by atoms with Crippen molar-refractivity contribution in [3.05, 3.63) is 0 Å². The standard InChI is InChI=1S/C14H28N2O3/c1-10(2)6-5-7-12(4)16-14(19)15-9-11(3)8-13(17)18/h10-12H,5-9H2,1-4H3,(H,17,18)(H2,15,16,19). The molecule has 0 radical (unpaired) electrons. The Bertz CT molecular complexity index is 280. The van der Waals surface area contributed by atoms with Crippen LogP contribution in [0.4, 0.5) is 4.79 Å². The van der Waals surface area contributed by atoms with E-state index in [2.05, 4.69) is 24.5 Å². The van der Waals surface area contributed by atoms with Crippen LogP contribution in [0, 0.1) is 11.8 Å². The quantitative estimate of drug-likeness (QED) is 0.603. The molecule has 0 aliphatic heterocycles.